The van der Waals surface area contributed by atoms with Gasteiger partial charge in [-0.15, -0.1) is 11.8 Å². The van der Waals surface area contributed by atoms with Gasteiger partial charge in [-0.25, -0.2) is 4.98 Å². The van der Waals surface area contributed by atoms with Crippen molar-refractivity contribution in [1.29, 1.82) is 0 Å². The predicted octanol–water partition coefficient (Wildman–Crippen LogP) is 2.90. The van der Waals surface area contributed by atoms with Crippen molar-refractivity contribution in [1.82, 2.24) is 4.98 Å². The molecule has 0 saturated carbocycles. The Kier molecular flexibility index (Phi) is 2.42. The molecule has 0 unspecified atom stereocenters. The van der Waals surface area contributed by atoms with Crippen molar-refractivity contribution in [2.24, 2.45) is 0 Å². The smallest absolute Gasteiger partial charge is 0.0853 e. The van der Waals surface area contributed by atoms with Gasteiger partial charge in [0.1, 0.15) is 0 Å². The van der Waals surface area contributed by atoms with Crippen LogP contribution in [0.2, 0.25) is 0 Å². The zero-order valence-corrected chi connectivity index (χ0v) is 9.50. The van der Waals surface area contributed by atoms with E-state index in [0.717, 1.165) is 22.7 Å². The van der Waals surface area contributed by atoms with Crippen LogP contribution in [0.25, 0.3) is 17.3 Å². The van der Waals surface area contributed by atoms with Crippen LogP contribution in [0, 0.1) is 0 Å². The molecule has 80 valence electrons. The lowest BCUT2D eigenvalue weighted by molar-refractivity contribution is 0.278. The predicted molar refractivity (Wildman–Crippen MR) is 67.1 cm³/mol. The normalized spacial score (nSPS) is 14.1. The van der Waals surface area contributed by atoms with E-state index in [4.69, 9.17) is 5.11 Å². The lowest BCUT2D eigenvalue weighted by Gasteiger charge is -2.08. The van der Waals surface area contributed by atoms with Crippen molar-refractivity contribution in [3.8, 4) is 11.3 Å². The minimum absolute atomic E-state index is 0.00559. The summed E-state index contributed by atoms with van der Waals surface area (Å²) in [6.07, 6.45) is 2.11. The molecule has 16 heavy (non-hydrogen) atoms. The van der Waals surface area contributed by atoms with Gasteiger partial charge in [0.2, 0.25) is 0 Å². The number of rotatable bonds is 1. The first-order chi connectivity index (χ1) is 7.88. The summed E-state index contributed by atoms with van der Waals surface area (Å²) >= 11 is 1.80. The Bertz CT molecular complexity index is 536. The highest BCUT2D eigenvalue weighted by Gasteiger charge is 2.14. The van der Waals surface area contributed by atoms with Gasteiger partial charge < -0.3 is 5.11 Å². The number of hydrogen-bond acceptors (Lipinski definition) is 3. The molecule has 2 heterocycles. The lowest BCUT2D eigenvalue weighted by atomic mass is 10.1. The summed E-state index contributed by atoms with van der Waals surface area (Å²) in [5.74, 6) is 0.997. The summed E-state index contributed by atoms with van der Waals surface area (Å²) in [6.45, 7) is 0.00559. The molecule has 0 saturated heterocycles. The fourth-order valence-corrected chi connectivity index (χ4v) is 2.75. The Labute approximate surface area is 98.4 Å². The highest BCUT2D eigenvalue weighted by molar-refractivity contribution is 8.01. The Hall–Kier alpha value is -1.32. The van der Waals surface area contributed by atoms with Crippen LogP contribution in [0.15, 0.2) is 29.7 Å². The summed E-state index contributed by atoms with van der Waals surface area (Å²) in [6, 6.07) is 8.21. The van der Waals surface area contributed by atoms with Crippen LogP contribution < -0.4 is 0 Å². The van der Waals surface area contributed by atoms with Gasteiger partial charge in [0, 0.05) is 16.9 Å². The van der Waals surface area contributed by atoms with E-state index in [1.165, 1.54) is 11.1 Å². The van der Waals surface area contributed by atoms with Crippen LogP contribution in [-0.2, 0) is 12.4 Å². The highest BCUT2D eigenvalue weighted by Crippen LogP contribution is 2.33. The van der Waals surface area contributed by atoms with Crippen LogP contribution in [0.5, 0.6) is 0 Å². The molecule has 3 heteroatoms. The standard InChI is InChI=1S/C13H11NOS/c15-7-11-6-9-2-1-3-10-8-16-5-4-12(10)13(9)14-11/h1-6,15H,7-8H2. The first-order valence-electron chi connectivity index (χ1n) is 5.19. The van der Waals surface area contributed by atoms with Crippen molar-refractivity contribution < 1.29 is 5.11 Å². The highest BCUT2D eigenvalue weighted by atomic mass is 32.2. The van der Waals surface area contributed by atoms with Crippen LogP contribution in [-0.4, -0.2) is 10.1 Å². The Morgan fingerprint density at radius 1 is 1.38 bits per heavy atom. The Morgan fingerprint density at radius 3 is 3.19 bits per heavy atom. The maximum atomic E-state index is 9.12. The van der Waals surface area contributed by atoms with Crippen LogP contribution >= 0.6 is 11.8 Å². The van der Waals surface area contributed by atoms with Crippen LogP contribution in [0.4, 0.5) is 0 Å². The Morgan fingerprint density at radius 2 is 2.31 bits per heavy atom. The molecule has 0 fully saturated rings. The van der Waals surface area contributed by atoms with E-state index in [-0.39, 0.29) is 6.61 Å². The van der Waals surface area contributed by atoms with Gasteiger partial charge in [-0.3, -0.25) is 0 Å². The third-order valence-corrected chi connectivity index (χ3v) is 3.56. The third kappa shape index (κ3) is 1.52. The minimum Gasteiger partial charge on any atom is -0.390 e. The average molecular weight is 229 g/mol. The summed E-state index contributed by atoms with van der Waals surface area (Å²) in [7, 11) is 0. The van der Waals surface area contributed by atoms with Crippen molar-refractivity contribution in [2.45, 2.75) is 12.4 Å². The zero-order chi connectivity index (χ0) is 11.0. The van der Waals surface area contributed by atoms with E-state index < -0.39 is 0 Å². The average Bonchev–Trinajstić information content (AvgIpc) is 2.66. The van der Waals surface area contributed by atoms with Crippen molar-refractivity contribution in [2.75, 3.05) is 0 Å². The quantitative estimate of drug-likeness (QED) is 0.816. The molecule has 2 nitrogen and oxygen atoms in total. The van der Waals surface area contributed by atoms with Gasteiger partial charge in [-0.2, -0.15) is 0 Å². The molecule has 1 N–H and O–H groups in total. The monoisotopic (exact) mass is 229 g/mol. The Balaban J connectivity index is 2.30. The summed E-state index contributed by atoms with van der Waals surface area (Å²) in [5.41, 5.74) is 5.35. The van der Waals surface area contributed by atoms with E-state index in [9.17, 15) is 0 Å². The van der Waals surface area contributed by atoms with Gasteiger partial charge in [0.15, 0.2) is 0 Å². The molecule has 0 spiro atoms. The molecular weight excluding hydrogens is 218 g/mol. The second kappa shape index (κ2) is 3.92. The number of nitrogens with zero attached hydrogens (tertiary/aromatic N) is 1. The fourth-order valence-electron chi connectivity index (χ4n) is 1.99. The van der Waals surface area contributed by atoms with Gasteiger partial charge in [-0.1, -0.05) is 18.2 Å². The maximum absolute atomic E-state index is 9.12. The maximum Gasteiger partial charge on any atom is 0.0853 e. The molecule has 0 atom stereocenters. The number of fused-ring (bicyclic) bond motifs is 3. The molecule has 0 aromatic heterocycles. The number of aromatic nitrogens is 1. The molecule has 0 radical (unpaired) electrons. The summed E-state index contributed by atoms with van der Waals surface area (Å²) in [4.78, 5) is 4.47. The molecule has 0 amide bonds. The first-order valence-corrected chi connectivity index (χ1v) is 6.24. The van der Waals surface area contributed by atoms with Gasteiger partial charge in [0.05, 0.1) is 18.0 Å². The molecular formula is C13H11NOS. The molecule has 1 aliphatic carbocycles. The van der Waals surface area contributed by atoms with Crippen molar-refractivity contribution in [3.63, 3.8) is 0 Å². The van der Waals surface area contributed by atoms with E-state index in [1.807, 2.05) is 6.07 Å². The van der Waals surface area contributed by atoms with Gasteiger partial charge in [-0.05, 0) is 23.1 Å². The van der Waals surface area contributed by atoms with Crippen molar-refractivity contribution >= 4 is 17.8 Å². The molecule has 3 aliphatic rings. The minimum atomic E-state index is 0.00559. The SMILES string of the molecule is OCc1cc2cccc3c(c-2n1)C=CSC3. The first kappa shape index (κ1) is 9.87. The molecule has 2 aliphatic heterocycles. The molecule has 0 aromatic rings. The number of aliphatic hydroxyl groups excluding tert-OH is 1. The second-order valence-corrected chi connectivity index (χ2v) is 4.68. The van der Waals surface area contributed by atoms with E-state index >= 15 is 0 Å². The van der Waals surface area contributed by atoms with E-state index in [1.54, 1.807) is 11.8 Å². The number of aliphatic hydroxyl groups is 1. The topological polar surface area (TPSA) is 33.1 Å². The van der Waals surface area contributed by atoms with Gasteiger partial charge >= 0.3 is 0 Å². The van der Waals surface area contributed by atoms with E-state index in [0.29, 0.717) is 0 Å². The van der Waals surface area contributed by atoms with Crippen molar-refractivity contribution in [3.05, 3.63) is 46.5 Å². The number of thioether (sulfide) groups is 1. The molecule has 0 bridgehead atoms. The fraction of sp³-hybridized carbons (Fsp3) is 0.154. The lowest BCUT2D eigenvalue weighted by Crippen LogP contribution is -1.90. The summed E-state index contributed by atoms with van der Waals surface area (Å²) in [5, 5.41) is 11.2. The van der Waals surface area contributed by atoms with Crippen LogP contribution in [0.3, 0.4) is 0 Å². The zero-order valence-electron chi connectivity index (χ0n) is 8.68. The molecule has 0 aromatic carbocycles. The van der Waals surface area contributed by atoms with Crippen LogP contribution in [0.1, 0.15) is 16.8 Å². The van der Waals surface area contributed by atoms with E-state index in [2.05, 4.69) is 34.7 Å². The molecule has 3 rings (SSSR count). The third-order valence-electron chi connectivity index (χ3n) is 2.76. The summed E-state index contributed by atoms with van der Waals surface area (Å²) < 4.78 is 0. The van der Waals surface area contributed by atoms with Gasteiger partial charge in [0.25, 0.3) is 0 Å². The number of hydrogen-bond donors (Lipinski definition) is 1. The largest absolute Gasteiger partial charge is 0.390 e. The second-order valence-electron chi connectivity index (χ2n) is 3.79.